The second kappa shape index (κ2) is 5.64. The molecule has 4 heteroatoms. The van der Waals surface area contributed by atoms with Crippen LogP contribution in [0.5, 0.6) is 0 Å². The zero-order valence-corrected chi connectivity index (χ0v) is 7.95. The van der Waals surface area contributed by atoms with E-state index >= 15 is 0 Å². The second-order valence-corrected chi connectivity index (χ2v) is 2.61. The average Bonchev–Trinajstić information content (AvgIpc) is 2.25. The molecule has 0 radical (unpaired) electrons. The Balaban J connectivity index is 2.50. The van der Waals surface area contributed by atoms with E-state index in [1.54, 1.807) is 6.20 Å². The van der Waals surface area contributed by atoms with Gasteiger partial charge in [-0.25, -0.2) is 0 Å². The van der Waals surface area contributed by atoms with E-state index in [-0.39, 0.29) is 0 Å². The summed E-state index contributed by atoms with van der Waals surface area (Å²) in [6.07, 6.45) is 4.09. The number of hydrazine groups is 1. The molecule has 0 unspecified atom stereocenters. The summed E-state index contributed by atoms with van der Waals surface area (Å²) in [5.41, 5.74) is 7.04. The quantitative estimate of drug-likeness (QED) is 0.369. The first-order valence-corrected chi connectivity index (χ1v) is 4.26. The van der Waals surface area contributed by atoms with Gasteiger partial charge >= 0.3 is 0 Å². The predicted molar refractivity (Wildman–Crippen MR) is 57.4 cm³/mol. The molecule has 3 N–H and O–H groups in total. The summed E-state index contributed by atoms with van der Waals surface area (Å²) < 4.78 is 0. The van der Waals surface area contributed by atoms with Crippen LogP contribution < -0.4 is 16.2 Å². The molecule has 0 heterocycles. The number of nitrogens with one attached hydrogen (secondary N) is 3. The minimum absolute atomic E-state index is 0.578. The number of benzene rings is 1. The highest BCUT2D eigenvalue weighted by Gasteiger charge is 1.87. The van der Waals surface area contributed by atoms with Gasteiger partial charge in [0.25, 0.3) is 0 Å². The largest absolute Gasteiger partial charge is 0.388 e. The molecule has 14 heavy (non-hydrogen) atoms. The van der Waals surface area contributed by atoms with Crippen LogP contribution in [0.3, 0.4) is 0 Å². The van der Waals surface area contributed by atoms with Crippen molar-refractivity contribution in [3.05, 3.63) is 36.0 Å². The smallest absolute Gasteiger partial charge is 0.225 e. The van der Waals surface area contributed by atoms with E-state index in [2.05, 4.69) is 16.2 Å². The van der Waals surface area contributed by atoms with Crippen LogP contribution in [-0.4, -0.2) is 13.5 Å². The normalized spacial score (nSPS) is 9.79. The topological polar surface area (TPSA) is 53.2 Å². The summed E-state index contributed by atoms with van der Waals surface area (Å²) >= 11 is 0. The lowest BCUT2D eigenvalue weighted by molar-refractivity contribution is -0.110. The molecule has 0 saturated heterocycles. The van der Waals surface area contributed by atoms with Gasteiger partial charge in [0.05, 0.1) is 0 Å². The molecular weight excluding hydrogens is 178 g/mol. The lowest BCUT2D eigenvalue weighted by atomic mass is 10.2. The Kier molecular flexibility index (Phi) is 4.07. The van der Waals surface area contributed by atoms with Crippen LogP contribution >= 0.6 is 0 Å². The second-order valence-electron chi connectivity index (χ2n) is 2.61. The SMILES string of the molecule is CNc1ccc(/C=C/NNC=O)cc1. The molecule has 0 bridgehead atoms. The van der Waals surface area contributed by atoms with E-state index in [4.69, 9.17) is 0 Å². The lowest BCUT2D eigenvalue weighted by Gasteiger charge is -1.99. The van der Waals surface area contributed by atoms with Crippen molar-refractivity contribution in [2.45, 2.75) is 0 Å². The van der Waals surface area contributed by atoms with Crippen molar-refractivity contribution < 1.29 is 4.79 Å². The minimum Gasteiger partial charge on any atom is -0.388 e. The molecule has 1 aromatic carbocycles. The van der Waals surface area contributed by atoms with Gasteiger partial charge in [-0.2, -0.15) is 0 Å². The van der Waals surface area contributed by atoms with Crippen molar-refractivity contribution in [1.29, 1.82) is 0 Å². The molecule has 1 aromatic rings. The maximum absolute atomic E-state index is 9.88. The van der Waals surface area contributed by atoms with Crippen molar-refractivity contribution in [2.75, 3.05) is 12.4 Å². The van der Waals surface area contributed by atoms with E-state index in [1.165, 1.54) is 0 Å². The van der Waals surface area contributed by atoms with Gasteiger partial charge in [-0.3, -0.25) is 10.2 Å². The fourth-order valence-electron chi connectivity index (χ4n) is 0.981. The van der Waals surface area contributed by atoms with E-state index in [0.717, 1.165) is 11.3 Å². The Morgan fingerprint density at radius 3 is 2.43 bits per heavy atom. The van der Waals surface area contributed by atoms with Gasteiger partial charge < -0.3 is 10.7 Å². The predicted octanol–water partition coefficient (Wildman–Crippen LogP) is 0.950. The first kappa shape index (κ1) is 10.1. The standard InChI is InChI=1S/C10H13N3O/c1-11-10-4-2-9(3-5-10)6-7-12-13-8-14/h2-8,11-12H,1H3,(H,13,14)/b7-6+. The van der Waals surface area contributed by atoms with Crippen LogP contribution in [0.25, 0.3) is 6.08 Å². The molecule has 0 aliphatic carbocycles. The fraction of sp³-hybridized carbons (Fsp3) is 0.100. The molecular formula is C10H13N3O. The number of hydrogen-bond acceptors (Lipinski definition) is 3. The lowest BCUT2D eigenvalue weighted by Crippen LogP contribution is -2.24. The summed E-state index contributed by atoms with van der Waals surface area (Å²) in [5.74, 6) is 0. The molecule has 0 aromatic heterocycles. The van der Waals surface area contributed by atoms with Crippen molar-refractivity contribution in [3.63, 3.8) is 0 Å². The third-order valence-corrected chi connectivity index (χ3v) is 1.70. The number of anilines is 1. The van der Waals surface area contributed by atoms with Crippen LogP contribution in [-0.2, 0) is 4.79 Å². The number of amides is 1. The number of rotatable bonds is 5. The minimum atomic E-state index is 0.578. The molecule has 0 aliphatic heterocycles. The zero-order chi connectivity index (χ0) is 10.2. The van der Waals surface area contributed by atoms with Gasteiger partial charge in [0.1, 0.15) is 0 Å². The number of carbonyl (C=O) groups excluding carboxylic acids is 1. The Morgan fingerprint density at radius 2 is 1.86 bits per heavy atom. The molecule has 1 amide bonds. The van der Waals surface area contributed by atoms with Crippen LogP contribution in [0.4, 0.5) is 5.69 Å². The molecule has 1 rings (SSSR count). The van der Waals surface area contributed by atoms with Gasteiger partial charge in [0, 0.05) is 18.9 Å². The maximum Gasteiger partial charge on any atom is 0.225 e. The van der Waals surface area contributed by atoms with Gasteiger partial charge in [0.2, 0.25) is 6.41 Å². The van der Waals surface area contributed by atoms with E-state index in [0.29, 0.717) is 6.41 Å². The van der Waals surface area contributed by atoms with Crippen molar-refractivity contribution >= 4 is 18.2 Å². The van der Waals surface area contributed by atoms with Gasteiger partial charge in [-0.1, -0.05) is 12.1 Å². The van der Waals surface area contributed by atoms with Crippen LogP contribution in [0, 0.1) is 0 Å². The average molecular weight is 191 g/mol. The van der Waals surface area contributed by atoms with Crippen molar-refractivity contribution in [3.8, 4) is 0 Å². The summed E-state index contributed by atoms with van der Waals surface area (Å²) in [7, 11) is 1.88. The molecule has 0 atom stereocenters. The Hall–Kier alpha value is -1.97. The molecule has 0 spiro atoms. The highest BCUT2D eigenvalue weighted by Crippen LogP contribution is 2.09. The first-order chi connectivity index (χ1) is 6.86. The van der Waals surface area contributed by atoms with Gasteiger partial charge in [0.15, 0.2) is 0 Å². The van der Waals surface area contributed by atoms with Crippen molar-refractivity contribution in [1.82, 2.24) is 10.9 Å². The third-order valence-electron chi connectivity index (χ3n) is 1.70. The van der Waals surface area contributed by atoms with E-state index in [1.807, 2.05) is 37.4 Å². The monoisotopic (exact) mass is 191 g/mol. The summed E-state index contributed by atoms with van der Waals surface area (Å²) in [6.45, 7) is 0. The van der Waals surface area contributed by atoms with Crippen LogP contribution in [0.2, 0.25) is 0 Å². The molecule has 0 fully saturated rings. The summed E-state index contributed by atoms with van der Waals surface area (Å²) in [4.78, 5) is 9.88. The summed E-state index contributed by atoms with van der Waals surface area (Å²) in [6, 6.07) is 7.91. The Morgan fingerprint density at radius 1 is 1.14 bits per heavy atom. The Labute approximate surface area is 83.0 Å². The maximum atomic E-state index is 9.88. The van der Waals surface area contributed by atoms with Gasteiger partial charge in [-0.05, 0) is 23.8 Å². The number of carbonyl (C=O) groups is 1. The van der Waals surface area contributed by atoms with Crippen LogP contribution in [0.1, 0.15) is 5.56 Å². The van der Waals surface area contributed by atoms with E-state index < -0.39 is 0 Å². The molecule has 0 aliphatic rings. The molecule has 0 saturated carbocycles. The molecule has 74 valence electrons. The number of hydrogen-bond donors (Lipinski definition) is 3. The van der Waals surface area contributed by atoms with Crippen molar-refractivity contribution in [2.24, 2.45) is 0 Å². The Bertz CT molecular complexity index is 306. The van der Waals surface area contributed by atoms with Gasteiger partial charge in [-0.15, -0.1) is 0 Å². The van der Waals surface area contributed by atoms with E-state index in [9.17, 15) is 4.79 Å². The first-order valence-electron chi connectivity index (χ1n) is 4.26. The zero-order valence-electron chi connectivity index (χ0n) is 7.95. The summed E-state index contributed by atoms with van der Waals surface area (Å²) in [5, 5.41) is 3.03. The fourth-order valence-corrected chi connectivity index (χ4v) is 0.981. The van der Waals surface area contributed by atoms with Crippen LogP contribution in [0.15, 0.2) is 30.5 Å². The third kappa shape index (κ3) is 3.18. The highest BCUT2D eigenvalue weighted by molar-refractivity contribution is 5.54. The highest BCUT2D eigenvalue weighted by atomic mass is 16.1. The molecule has 4 nitrogen and oxygen atoms in total.